The fourth-order valence-electron chi connectivity index (χ4n) is 11.8. The minimum absolute atomic E-state index is 0.102. The van der Waals surface area contributed by atoms with Crippen LogP contribution in [0.25, 0.3) is 0 Å². The van der Waals surface area contributed by atoms with Crippen molar-refractivity contribution in [2.45, 2.75) is 419 Å². The summed E-state index contributed by atoms with van der Waals surface area (Å²) in [6, 6.07) is 0. The summed E-state index contributed by atoms with van der Waals surface area (Å²) in [5, 5.41) is 10.6. The zero-order valence-electron chi connectivity index (χ0n) is 62.7. The van der Waals surface area contributed by atoms with Crippen molar-refractivity contribution in [3.05, 3.63) is 0 Å². The first kappa shape index (κ1) is 94.1. The topological polar surface area (TPSA) is 237 Å². The normalized spacial score (nSPS) is 14.0. The molecule has 0 heterocycles. The first-order valence-electron chi connectivity index (χ1n) is 40.0. The third-order valence-corrected chi connectivity index (χ3v) is 19.9. The number of aliphatic hydroxyl groups excluding tert-OH is 1. The largest absolute Gasteiger partial charge is 0.472 e. The highest BCUT2D eigenvalue weighted by Crippen LogP contribution is 2.45. The van der Waals surface area contributed by atoms with E-state index in [2.05, 4.69) is 41.5 Å². The molecule has 2 unspecified atom stereocenters. The molecule has 5 atom stereocenters. The number of carbonyl (C=O) groups excluding carboxylic acids is 4. The van der Waals surface area contributed by atoms with Crippen LogP contribution in [-0.2, 0) is 65.4 Å². The second kappa shape index (κ2) is 68.8. The molecule has 0 rings (SSSR count). The highest BCUT2D eigenvalue weighted by molar-refractivity contribution is 7.47. The summed E-state index contributed by atoms with van der Waals surface area (Å²) in [4.78, 5) is 72.6. The van der Waals surface area contributed by atoms with Gasteiger partial charge in [-0.15, -0.1) is 0 Å². The molecule has 0 aliphatic heterocycles. The second-order valence-electron chi connectivity index (χ2n) is 28.7. The van der Waals surface area contributed by atoms with Crippen molar-refractivity contribution >= 4 is 39.5 Å². The zero-order valence-corrected chi connectivity index (χ0v) is 64.5. The van der Waals surface area contributed by atoms with Crippen molar-refractivity contribution in [1.82, 2.24) is 0 Å². The predicted octanol–water partition coefficient (Wildman–Crippen LogP) is 22.7. The molecule has 0 aromatic rings. The summed E-state index contributed by atoms with van der Waals surface area (Å²) in [7, 11) is -9.90. The number of unbranched alkanes of at least 4 members (excludes halogenated alkanes) is 46. The average Bonchev–Trinajstić information content (AvgIpc) is 1.77. The lowest BCUT2D eigenvalue weighted by Crippen LogP contribution is -2.30. The van der Waals surface area contributed by atoms with Gasteiger partial charge in [-0.1, -0.05) is 350 Å². The Bertz CT molecular complexity index is 1860. The molecule has 0 bridgehead atoms. The van der Waals surface area contributed by atoms with Crippen molar-refractivity contribution < 1.29 is 80.2 Å². The van der Waals surface area contributed by atoms with Crippen LogP contribution >= 0.6 is 15.6 Å². The van der Waals surface area contributed by atoms with Gasteiger partial charge in [0.05, 0.1) is 26.4 Å². The van der Waals surface area contributed by atoms with Crippen LogP contribution in [0, 0.1) is 11.8 Å². The van der Waals surface area contributed by atoms with Crippen LogP contribution in [0.2, 0.25) is 0 Å². The van der Waals surface area contributed by atoms with Gasteiger partial charge in [0.15, 0.2) is 12.2 Å². The molecule has 0 amide bonds. The molecule has 96 heavy (non-hydrogen) atoms. The van der Waals surface area contributed by atoms with E-state index in [1.807, 2.05) is 0 Å². The maximum atomic E-state index is 13.1. The summed E-state index contributed by atoms with van der Waals surface area (Å²) < 4.78 is 68.4. The molecule has 0 radical (unpaired) electrons. The Balaban J connectivity index is 5.15. The third-order valence-electron chi connectivity index (χ3n) is 18.0. The van der Waals surface area contributed by atoms with E-state index < -0.39 is 97.5 Å². The highest BCUT2D eigenvalue weighted by Gasteiger charge is 2.30. The molecule has 3 N–H and O–H groups in total. The van der Waals surface area contributed by atoms with E-state index in [1.54, 1.807) is 0 Å². The molecule has 19 heteroatoms. The number of ether oxygens (including phenoxy) is 4. The van der Waals surface area contributed by atoms with Crippen LogP contribution in [0.4, 0.5) is 0 Å². The molecule has 0 saturated carbocycles. The average molecular weight is 1410 g/mol. The standard InChI is InChI=1S/C77H150O17P2/c1-7-9-11-13-15-17-18-19-20-21-22-23-24-25-26-27-32-35-38-42-49-55-61-76(81)93-72(65-88-75(80)60-54-48-41-37-34-31-29-28-30-33-36-39-45-51-57-69(3)4)67-91-95(83,84)89-63-71(78)64-90-96(85,86)92-68-73(66-87-74(79)59-53-47-40-16-14-12-10-8-2)94-77(82)62-56-50-44-43-46-52-58-70(5)6/h69-73,78H,7-68H2,1-6H3,(H,83,84)(H,85,86)/t71-,72-,73-/m1/s1. The van der Waals surface area contributed by atoms with E-state index in [0.717, 1.165) is 102 Å². The number of rotatable bonds is 76. The predicted molar refractivity (Wildman–Crippen MR) is 391 cm³/mol. The number of phosphoric ester groups is 2. The number of phosphoric acid groups is 2. The minimum Gasteiger partial charge on any atom is -0.462 e. The van der Waals surface area contributed by atoms with Gasteiger partial charge in [-0.25, -0.2) is 9.13 Å². The number of hydrogen-bond donors (Lipinski definition) is 3. The summed E-state index contributed by atoms with van der Waals surface area (Å²) in [5.74, 6) is -0.655. The monoisotopic (exact) mass is 1410 g/mol. The summed E-state index contributed by atoms with van der Waals surface area (Å²) in [6.45, 7) is 9.50. The molecule has 0 aromatic carbocycles. The van der Waals surface area contributed by atoms with Crippen LogP contribution in [-0.4, -0.2) is 96.7 Å². The molecule has 17 nitrogen and oxygen atoms in total. The smallest absolute Gasteiger partial charge is 0.462 e. The molecular formula is C77H150O17P2. The minimum atomic E-state index is -4.96. The van der Waals surface area contributed by atoms with Crippen LogP contribution < -0.4 is 0 Å². The Hall–Kier alpha value is -1.94. The van der Waals surface area contributed by atoms with Crippen LogP contribution in [0.15, 0.2) is 0 Å². The van der Waals surface area contributed by atoms with E-state index >= 15 is 0 Å². The van der Waals surface area contributed by atoms with Crippen molar-refractivity contribution in [2.75, 3.05) is 39.6 Å². The van der Waals surface area contributed by atoms with Gasteiger partial charge in [0, 0.05) is 25.7 Å². The van der Waals surface area contributed by atoms with Crippen molar-refractivity contribution in [3.63, 3.8) is 0 Å². The van der Waals surface area contributed by atoms with Crippen LogP contribution in [0.1, 0.15) is 401 Å². The first-order chi connectivity index (χ1) is 46.4. The van der Waals surface area contributed by atoms with Gasteiger partial charge in [0.25, 0.3) is 0 Å². The van der Waals surface area contributed by atoms with Gasteiger partial charge < -0.3 is 33.8 Å². The fourth-order valence-corrected chi connectivity index (χ4v) is 13.4. The van der Waals surface area contributed by atoms with Crippen LogP contribution in [0.5, 0.6) is 0 Å². The van der Waals surface area contributed by atoms with Crippen molar-refractivity contribution in [3.8, 4) is 0 Å². The lowest BCUT2D eigenvalue weighted by molar-refractivity contribution is -0.161. The molecule has 0 aromatic heterocycles. The number of esters is 4. The maximum Gasteiger partial charge on any atom is 0.472 e. The lowest BCUT2D eigenvalue weighted by Gasteiger charge is -2.21. The Morgan fingerprint density at radius 2 is 0.479 bits per heavy atom. The van der Waals surface area contributed by atoms with Gasteiger partial charge in [-0.3, -0.25) is 37.3 Å². The molecular weight excluding hydrogens is 1260 g/mol. The van der Waals surface area contributed by atoms with E-state index in [-0.39, 0.29) is 25.7 Å². The molecule has 570 valence electrons. The Kier molecular flexibility index (Phi) is 67.4. The first-order valence-corrected chi connectivity index (χ1v) is 43.0. The molecule has 0 aliphatic rings. The fraction of sp³-hybridized carbons (Fsp3) is 0.948. The van der Waals surface area contributed by atoms with E-state index in [4.69, 9.17) is 37.0 Å². The van der Waals surface area contributed by atoms with E-state index in [9.17, 15) is 43.2 Å². The third kappa shape index (κ3) is 70.5. The van der Waals surface area contributed by atoms with Crippen molar-refractivity contribution in [2.24, 2.45) is 11.8 Å². The zero-order chi connectivity index (χ0) is 70.7. The SMILES string of the molecule is CCCCCCCCCCCCCCCCCCCCCCCCC(=O)O[C@H](COC(=O)CCCCCCCCCCCCCCCCC(C)C)COP(=O)(O)OC[C@@H](O)COP(=O)(O)OC[C@@H](COC(=O)CCCCCCCCCC)OC(=O)CCCCCCCCC(C)C. The number of aliphatic hydroxyl groups is 1. The lowest BCUT2D eigenvalue weighted by atomic mass is 10.0. The number of carbonyl (C=O) groups is 4. The summed E-state index contributed by atoms with van der Waals surface area (Å²) in [5.41, 5.74) is 0. The van der Waals surface area contributed by atoms with Gasteiger partial charge in [-0.05, 0) is 37.5 Å². The summed E-state index contributed by atoms with van der Waals surface area (Å²) >= 11 is 0. The maximum absolute atomic E-state index is 13.1. The Labute approximate surface area is 588 Å². The Morgan fingerprint density at radius 1 is 0.281 bits per heavy atom. The van der Waals surface area contributed by atoms with E-state index in [0.29, 0.717) is 31.6 Å². The van der Waals surface area contributed by atoms with Gasteiger partial charge in [-0.2, -0.15) is 0 Å². The van der Waals surface area contributed by atoms with Gasteiger partial charge in [0.2, 0.25) is 0 Å². The van der Waals surface area contributed by atoms with Gasteiger partial charge >= 0.3 is 39.5 Å². The number of hydrogen-bond acceptors (Lipinski definition) is 15. The molecule has 0 saturated heterocycles. The van der Waals surface area contributed by atoms with Crippen molar-refractivity contribution in [1.29, 1.82) is 0 Å². The second-order valence-corrected chi connectivity index (χ2v) is 31.6. The highest BCUT2D eigenvalue weighted by atomic mass is 31.2. The van der Waals surface area contributed by atoms with E-state index in [1.165, 1.54) is 212 Å². The summed E-state index contributed by atoms with van der Waals surface area (Å²) in [6.07, 6.45) is 57.4. The quantitative estimate of drug-likeness (QED) is 0.0222. The van der Waals surface area contributed by atoms with Gasteiger partial charge in [0.1, 0.15) is 19.3 Å². The Morgan fingerprint density at radius 3 is 0.708 bits per heavy atom. The molecule has 0 fully saturated rings. The molecule has 0 spiro atoms. The van der Waals surface area contributed by atoms with Crippen LogP contribution in [0.3, 0.4) is 0 Å². The molecule has 0 aliphatic carbocycles.